The van der Waals surface area contributed by atoms with Gasteiger partial charge in [0, 0.05) is 29.2 Å². The van der Waals surface area contributed by atoms with E-state index in [9.17, 15) is 9.90 Å². The van der Waals surface area contributed by atoms with Crippen LogP contribution in [0, 0.1) is 0 Å². The van der Waals surface area contributed by atoms with Gasteiger partial charge >= 0.3 is 0 Å². The van der Waals surface area contributed by atoms with Crippen molar-refractivity contribution in [2.75, 3.05) is 21.3 Å². The van der Waals surface area contributed by atoms with Crippen LogP contribution in [0.5, 0.6) is 23.0 Å². The second-order valence-corrected chi connectivity index (χ2v) is 7.38. The van der Waals surface area contributed by atoms with E-state index in [0.717, 1.165) is 11.1 Å². The largest absolute Gasteiger partial charge is 0.507 e. The van der Waals surface area contributed by atoms with Crippen LogP contribution < -0.4 is 19.6 Å². The summed E-state index contributed by atoms with van der Waals surface area (Å²) < 4.78 is 22.4. The smallest absolute Gasteiger partial charge is 0.197 e. The summed E-state index contributed by atoms with van der Waals surface area (Å²) in [4.78, 5) is 13.2. The van der Waals surface area contributed by atoms with Gasteiger partial charge in [-0.3, -0.25) is 4.79 Å². The highest BCUT2D eigenvalue weighted by Crippen LogP contribution is 2.43. The molecule has 1 N–H and O–H groups in total. The number of phenolic OH excluding ortho intramolecular Hbond substituents is 1. The summed E-state index contributed by atoms with van der Waals surface area (Å²) in [6.07, 6.45) is 1.68. The molecule has 1 heterocycles. The van der Waals surface area contributed by atoms with Crippen molar-refractivity contribution in [1.29, 1.82) is 0 Å². The van der Waals surface area contributed by atoms with Crippen LogP contribution in [0.2, 0.25) is 0 Å². The Balaban J connectivity index is 2.03. The van der Waals surface area contributed by atoms with E-state index in [4.69, 9.17) is 18.6 Å². The van der Waals surface area contributed by atoms with Crippen LogP contribution in [0.15, 0.2) is 82.5 Å². The van der Waals surface area contributed by atoms with Gasteiger partial charge in [-0.1, -0.05) is 42.5 Å². The fourth-order valence-electron chi connectivity index (χ4n) is 3.98. The summed E-state index contributed by atoms with van der Waals surface area (Å²) in [5.74, 6) is 1.14. The maximum absolute atomic E-state index is 13.2. The van der Waals surface area contributed by atoms with Crippen molar-refractivity contribution in [3.05, 3.63) is 94.7 Å². The highest BCUT2D eigenvalue weighted by atomic mass is 16.5. The minimum atomic E-state index is -0.507. The summed E-state index contributed by atoms with van der Waals surface area (Å²) in [5, 5.41) is 11.3. The fourth-order valence-corrected chi connectivity index (χ4v) is 3.98. The number of hydrogen-bond acceptors (Lipinski definition) is 6. The number of benzene rings is 3. The molecule has 0 amide bonds. The van der Waals surface area contributed by atoms with Gasteiger partial charge in [0.2, 0.25) is 0 Å². The Morgan fingerprint density at radius 2 is 1.61 bits per heavy atom. The monoisotopic (exact) mass is 444 g/mol. The summed E-state index contributed by atoms with van der Waals surface area (Å²) in [6, 6.07) is 17.6. The van der Waals surface area contributed by atoms with Crippen molar-refractivity contribution in [2.45, 2.75) is 5.92 Å². The van der Waals surface area contributed by atoms with Crippen LogP contribution in [0.4, 0.5) is 0 Å². The molecule has 0 saturated carbocycles. The molecule has 4 aromatic rings. The lowest BCUT2D eigenvalue weighted by Gasteiger charge is -2.20. The Bertz CT molecular complexity index is 1370. The standard InChI is InChI=1S/C27H24O6/c1-5-18(17-11-12-21(30-2)23(13-17)31-3)25-19(28)15-24(32-4)26-20(29)14-22(33-27(25)26)16-9-7-6-8-10-16/h5-15,18,28H,1H2,2-4H3/t18-/m0/s1. The first-order chi connectivity index (χ1) is 16.0. The Hall–Kier alpha value is -4.19. The number of ether oxygens (including phenoxy) is 3. The van der Waals surface area contributed by atoms with Crippen LogP contribution in [0.25, 0.3) is 22.3 Å². The van der Waals surface area contributed by atoms with Gasteiger partial charge in [0.25, 0.3) is 0 Å². The molecule has 1 atom stereocenters. The van der Waals surface area contributed by atoms with Crippen molar-refractivity contribution in [3.8, 4) is 34.3 Å². The average molecular weight is 444 g/mol. The molecule has 0 aliphatic rings. The number of rotatable bonds is 7. The van der Waals surface area contributed by atoms with Gasteiger partial charge < -0.3 is 23.7 Å². The van der Waals surface area contributed by atoms with Crippen LogP contribution >= 0.6 is 0 Å². The van der Waals surface area contributed by atoms with E-state index >= 15 is 0 Å². The number of fused-ring (bicyclic) bond motifs is 1. The lowest BCUT2D eigenvalue weighted by Crippen LogP contribution is -2.07. The minimum Gasteiger partial charge on any atom is -0.507 e. The third-order valence-electron chi connectivity index (χ3n) is 5.57. The van der Waals surface area contributed by atoms with Crippen molar-refractivity contribution < 1.29 is 23.7 Å². The first kappa shape index (κ1) is 22.0. The molecule has 1 aromatic heterocycles. The van der Waals surface area contributed by atoms with Crippen LogP contribution in [0.3, 0.4) is 0 Å². The second-order valence-electron chi connectivity index (χ2n) is 7.38. The zero-order valence-corrected chi connectivity index (χ0v) is 18.6. The van der Waals surface area contributed by atoms with Gasteiger partial charge in [-0.15, -0.1) is 6.58 Å². The number of phenols is 1. The Labute approximate surface area is 191 Å². The minimum absolute atomic E-state index is 0.0765. The molecule has 0 bridgehead atoms. The first-order valence-electron chi connectivity index (χ1n) is 10.3. The van der Waals surface area contributed by atoms with Gasteiger partial charge in [-0.25, -0.2) is 0 Å². The quantitative estimate of drug-likeness (QED) is 0.379. The predicted molar refractivity (Wildman–Crippen MR) is 128 cm³/mol. The SMILES string of the molecule is C=C[C@@H](c1ccc(OC)c(OC)c1)c1c(O)cc(OC)c2c(=O)cc(-c3ccccc3)oc12. The summed E-state index contributed by atoms with van der Waals surface area (Å²) in [6.45, 7) is 3.97. The first-order valence-corrected chi connectivity index (χ1v) is 10.3. The van der Waals surface area contributed by atoms with Crippen molar-refractivity contribution >= 4 is 11.0 Å². The highest BCUT2D eigenvalue weighted by Gasteiger charge is 2.25. The predicted octanol–water partition coefficient (Wildman–Crippen LogP) is 5.51. The lowest BCUT2D eigenvalue weighted by molar-refractivity contribution is 0.354. The Morgan fingerprint density at radius 3 is 2.24 bits per heavy atom. The summed E-state index contributed by atoms with van der Waals surface area (Å²) in [5.41, 5.74) is 1.88. The fraction of sp³-hybridized carbons (Fsp3) is 0.148. The van der Waals surface area contributed by atoms with Crippen LogP contribution in [0.1, 0.15) is 17.0 Å². The Kier molecular flexibility index (Phi) is 6.09. The molecule has 0 spiro atoms. The molecule has 0 aliphatic carbocycles. The molecular formula is C27H24O6. The number of aromatic hydroxyl groups is 1. The summed E-state index contributed by atoms with van der Waals surface area (Å²) >= 11 is 0. The maximum atomic E-state index is 13.2. The molecule has 33 heavy (non-hydrogen) atoms. The summed E-state index contributed by atoms with van der Waals surface area (Å²) in [7, 11) is 4.55. The van der Waals surface area contributed by atoms with Crippen LogP contribution in [-0.2, 0) is 0 Å². The zero-order chi connectivity index (χ0) is 23.5. The number of methoxy groups -OCH3 is 3. The third-order valence-corrected chi connectivity index (χ3v) is 5.57. The molecule has 4 rings (SSSR count). The van der Waals surface area contributed by atoms with Gasteiger partial charge in [-0.2, -0.15) is 0 Å². The van der Waals surface area contributed by atoms with Gasteiger partial charge in [0.15, 0.2) is 16.9 Å². The molecule has 168 valence electrons. The molecule has 0 fully saturated rings. The normalized spacial score (nSPS) is 11.7. The third kappa shape index (κ3) is 3.91. The molecular weight excluding hydrogens is 420 g/mol. The average Bonchev–Trinajstić information content (AvgIpc) is 2.85. The molecule has 0 saturated heterocycles. The van der Waals surface area contributed by atoms with E-state index in [-0.39, 0.29) is 27.9 Å². The van der Waals surface area contributed by atoms with E-state index < -0.39 is 5.92 Å². The molecule has 0 unspecified atom stereocenters. The van der Waals surface area contributed by atoms with Crippen molar-refractivity contribution in [1.82, 2.24) is 0 Å². The number of hydrogen-bond donors (Lipinski definition) is 1. The molecule has 0 aliphatic heterocycles. The van der Waals surface area contributed by atoms with Gasteiger partial charge in [0.05, 0.1) is 21.3 Å². The molecule has 3 aromatic carbocycles. The van der Waals surface area contributed by atoms with Crippen LogP contribution in [-0.4, -0.2) is 26.4 Å². The molecule has 6 heteroatoms. The second kappa shape index (κ2) is 9.12. The van der Waals surface area contributed by atoms with Crippen molar-refractivity contribution in [3.63, 3.8) is 0 Å². The van der Waals surface area contributed by atoms with Gasteiger partial charge in [0.1, 0.15) is 28.2 Å². The van der Waals surface area contributed by atoms with Gasteiger partial charge in [-0.05, 0) is 17.7 Å². The lowest BCUT2D eigenvalue weighted by atomic mass is 9.88. The topological polar surface area (TPSA) is 78.1 Å². The van der Waals surface area contributed by atoms with E-state index in [0.29, 0.717) is 22.8 Å². The number of allylic oxidation sites excluding steroid dienone is 1. The van der Waals surface area contributed by atoms with E-state index in [1.807, 2.05) is 36.4 Å². The zero-order valence-electron chi connectivity index (χ0n) is 18.6. The highest BCUT2D eigenvalue weighted by molar-refractivity contribution is 5.90. The van der Waals surface area contributed by atoms with E-state index in [1.165, 1.54) is 19.2 Å². The van der Waals surface area contributed by atoms with E-state index in [2.05, 4.69) is 6.58 Å². The Morgan fingerprint density at radius 1 is 0.909 bits per heavy atom. The maximum Gasteiger partial charge on any atom is 0.197 e. The molecule has 0 radical (unpaired) electrons. The molecule has 6 nitrogen and oxygen atoms in total. The van der Waals surface area contributed by atoms with E-state index in [1.54, 1.807) is 32.4 Å². The van der Waals surface area contributed by atoms with Crippen molar-refractivity contribution in [2.24, 2.45) is 0 Å².